The standard InChI is InChI=1S/C13H10Cl2N2O2/c14-10-3-1-9(2-4-10)8-16-11-5-6-12(15)13(7-11)17(18)19/h1-7,16H,8H2. The van der Waals surface area contributed by atoms with Crippen molar-refractivity contribution in [1.29, 1.82) is 0 Å². The summed E-state index contributed by atoms with van der Waals surface area (Å²) in [5, 5.41) is 14.7. The van der Waals surface area contributed by atoms with Crippen molar-refractivity contribution in [3.05, 3.63) is 68.2 Å². The molecule has 98 valence electrons. The first-order valence-electron chi connectivity index (χ1n) is 5.48. The molecule has 0 spiro atoms. The minimum Gasteiger partial charge on any atom is -0.381 e. The first-order valence-corrected chi connectivity index (χ1v) is 6.24. The summed E-state index contributed by atoms with van der Waals surface area (Å²) in [5.74, 6) is 0. The lowest BCUT2D eigenvalue weighted by atomic mass is 10.2. The topological polar surface area (TPSA) is 55.2 Å². The van der Waals surface area contributed by atoms with Gasteiger partial charge in [-0.05, 0) is 29.8 Å². The Bertz CT molecular complexity index is 600. The van der Waals surface area contributed by atoms with Crippen molar-refractivity contribution in [3.8, 4) is 0 Å². The number of nitro groups is 1. The molecule has 0 heterocycles. The van der Waals surface area contributed by atoms with Crippen LogP contribution in [0.4, 0.5) is 11.4 Å². The SMILES string of the molecule is O=[N+]([O-])c1cc(NCc2ccc(Cl)cc2)ccc1Cl. The third-order valence-corrected chi connectivity index (χ3v) is 3.12. The summed E-state index contributed by atoms with van der Waals surface area (Å²) >= 11 is 11.5. The van der Waals surface area contributed by atoms with E-state index in [0.29, 0.717) is 17.3 Å². The lowest BCUT2D eigenvalue weighted by Gasteiger charge is -2.07. The van der Waals surface area contributed by atoms with Crippen molar-refractivity contribution in [2.45, 2.75) is 6.54 Å². The Labute approximate surface area is 120 Å². The Hall–Kier alpha value is -1.78. The molecular weight excluding hydrogens is 287 g/mol. The second kappa shape index (κ2) is 5.91. The van der Waals surface area contributed by atoms with Gasteiger partial charge in [0.25, 0.3) is 5.69 Å². The molecule has 0 atom stereocenters. The zero-order chi connectivity index (χ0) is 13.8. The highest BCUT2D eigenvalue weighted by Gasteiger charge is 2.12. The van der Waals surface area contributed by atoms with Gasteiger partial charge in [0.05, 0.1) is 4.92 Å². The number of hydrogen-bond acceptors (Lipinski definition) is 3. The minimum atomic E-state index is -0.504. The Morgan fingerprint density at radius 3 is 2.42 bits per heavy atom. The fourth-order valence-electron chi connectivity index (χ4n) is 1.57. The summed E-state index contributed by atoms with van der Waals surface area (Å²) in [6.07, 6.45) is 0. The van der Waals surface area contributed by atoms with E-state index in [1.165, 1.54) is 12.1 Å². The van der Waals surface area contributed by atoms with Crippen LogP contribution in [-0.2, 0) is 6.54 Å². The van der Waals surface area contributed by atoms with Crippen molar-refractivity contribution in [2.24, 2.45) is 0 Å². The van der Waals surface area contributed by atoms with Crippen LogP contribution in [0, 0.1) is 10.1 Å². The molecule has 4 nitrogen and oxygen atoms in total. The number of hydrogen-bond donors (Lipinski definition) is 1. The average Bonchev–Trinajstić information content (AvgIpc) is 2.39. The van der Waals surface area contributed by atoms with Crippen LogP contribution in [0.3, 0.4) is 0 Å². The van der Waals surface area contributed by atoms with Crippen molar-refractivity contribution >= 4 is 34.6 Å². The zero-order valence-corrected chi connectivity index (χ0v) is 11.3. The third kappa shape index (κ3) is 3.59. The van der Waals surface area contributed by atoms with Gasteiger partial charge in [0.2, 0.25) is 0 Å². The van der Waals surface area contributed by atoms with E-state index >= 15 is 0 Å². The van der Waals surface area contributed by atoms with E-state index < -0.39 is 4.92 Å². The molecule has 19 heavy (non-hydrogen) atoms. The van der Waals surface area contributed by atoms with E-state index in [1.807, 2.05) is 12.1 Å². The van der Waals surface area contributed by atoms with Crippen molar-refractivity contribution < 1.29 is 4.92 Å². The quantitative estimate of drug-likeness (QED) is 0.667. The normalized spacial score (nSPS) is 10.2. The number of nitro benzene ring substituents is 1. The Morgan fingerprint density at radius 1 is 1.11 bits per heavy atom. The number of halogens is 2. The van der Waals surface area contributed by atoms with Crippen LogP contribution >= 0.6 is 23.2 Å². The first kappa shape index (κ1) is 13.6. The van der Waals surface area contributed by atoms with Gasteiger partial charge in [0, 0.05) is 23.3 Å². The van der Waals surface area contributed by atoms with Gasteiger partial charge >= 0.3 is 0 Å². The molecule has 6 heteroatoms. The molecule has 2 aromatic carbocycles. The van der Waals surface area contributed by atoms with E-state index in [2.05, 4.69) is 5.32 Å². The predicted molar refractivity (Wildman–Crippen MR) is 76.9 cm³/mol. The smallest absolute Gasteiger partial charge is 0.289 e. The summed E-state index contributed by atoms with van der Waals surface area (Å²) in [6, 6.07) is 12.0. The molecule has 2 aromatic rings. The monoisotopic (exact) mass is 296 g/mol. The third-order valence-electron chi connectivity index (χ3n) is 2.55. The summed E-state index contributed by atoms with van der Waals surface area (Å²) < 4.78 is 0. The van der Waals surface area contributed by atoms with Crippen molar-refractivity contribution in [1.82, 2.24) is 0 Å². The van der Waals surface area contributed by atoms with E-state index in [-0.39, 0.29) is 10.7 Å². The highest BCUT2D eigenvalue weighted by Crippen LogP contribution is 2.27. The molecule has 1 N–H and O–H groups in total. The molecule has 0 aliphatic rings. The van der Waals surface area contributed by atoms with Crippen LogP contribution in [0.15, 0.2) is 42.5 Å². The van der Waals surface area contributed by atoms with Gasteiger partial charge in [0.15, 0.2) is 0 Å². The summed E-state index contributed by atoms with van der Waals surface area (Å²) in [6.45, 7) is 0.552. The van der Waals surface area contributed by atoms with Gasteiger partial charge < -0.3 is 5.32 Å². The van der Waals surface area contributed by atoms with Gasteiger partial charge in [-0.25, -0.2) is 0 Å². The predicted octanol–water partition coefficient (Wildman–Crippen LogP) is 4.51. The van der Waals surface area contributed by atoms with Crippen molar-refractivity contribution in [3.63, 3.8) is 0 Å². The first-order chi connectivity index (χ1) is 9.06. The zero-order valence-electron chi connectivity index (χ0n) is 9.77. The minimum absolute atomic E-state index is 0.109. The molecule has 0 saturated carbocycles. The summed E-state index contributed by atoms with van der Waals surface area (Å²) in [4.78, 5) is 10.3. The number of rotatable bonds is 4. The largest absolute Gasteiger partial charge is 0.381 e. The number of anilines is 1. The molecule has 0 bridgehead atoms. The Morgan fingerprint density at radius 2 is 1.79 bits per heavy atom. The fraction of sp³-hybridized carbons (Fsp3) is 0.0769. The van der Waals surface area contributed by atoms with Gasteiger partial charge in [-0.2, -0.15) is 0 Å². The molecule has 0 aliphatic heterocycles. The van der Waals surface area contributed by atoms with Gasteiger partial charge in [-0.1, -0.05) is 35.3 Å². The average molecular weight is 297 g/mol. The molecule has 2 rings (SSSR count). The lowest BCUT2D eigenvalue weighted by Crippen LogP contribution is -2.00. The van der Waals surface area contributed by atoms with Gasteiger partial charge in [0.1, 0.15) is 5.02 Å². The Kier molecular flexibility index (Phi) is 4.24. The lowest BCUT2D eigenvalue weighted by molar-refractivity contribution is -0.384. The molecule has 0 aliphatic carbocycles. The maximum absolute atomic E-state index is 10.8. The highest BCUT2D eigenvalue weighted by molar-refractivity contribution is 6.32. The molecule has 0 amide bonds. The van der Waals surface area contributed by atoms with Crippen LogP contribution < -0.4 is 5.32 Å². The second-order valence-electron chi connectivity index (χ2n) is 3.90. The molecule has 0 fully saturated rings. The number of benzene rings is 2. The van der Waals surface area contributed by atoms with Gasteiger partial charge in [-0.15, -0.1) is 0 Å². The number of nitrogens with one attached hydrogen (secondary N) is 1. The number of nitrogens with zero attached hydrogens (tertiary/aromatic N) is 1. The Balaban J connectivity index is 2.09. The van der Waals surface area contributed by atoms with Crippen LogP contribution in [0.2, 0.25) is 10.0 Å². The maximum atomic E-state index is 10.8. The fourth-order valence-corrected chi connectivity index (χ4v) is 1.88. The summed E-state index contributed by atoms with van der Waals surface area (Å²) in [7, 11) is 0. The van der Waals surface area contributed by atoms with Crippen LogP contribution in [-0.4, -0.2) is 4.92 Å². The van der Waals surface area contributed by atoms with E-state index in [1.54, 1.807) is 18.2 Å². The highest BCUT2D eigenvalue weighted by atomic mass is 35.5. The van der Waals surface area contributed by atoms with Crippen LogP contribution in [0.1, 0.15) is 5.56 Å². The maximum Gasteiger partial charge on any atom is 0.289 e. The molecule has 0 saturated heterocycles. The molecular formula is C13H10Cl2N2O2. The van der Waals surface area contributed by atoms with Crippen LogP contribution in [0.25, 0.3) is 0 Å². The van der Waals surface area contributed by atoms with Crippen LogP contribution in [0.5, 0.6) is 0 Å². The van der Waals surface area contributed by atoms with Crippen molar-refractivity contribution in [2.75, 3.05) is 5.32 Å². The van der Waals surface area contributed by atoms with E-state index in [4.69, 9.17) is 23.2 Å². The summed E-state index contributed by atoms with van der Waals surface area (Å²) in [5.41, 5.74) is 1.57. The van der Waals surface area contributed by atoms with Gasteiger partial charge in [-0.3, -0.25) is 10.1 Å². The molecule has 0 unspecified atom stereocenters. The molecule has 0 aromatic heterocycles. The van der Waals surface area contributed by atoms with E-state index in [9.17, 15) is 10.1 Å². The molecule has 0 radical (unpaired) electrons. The second-order valence-corrected chi connectivity index (χ2v) is 4.75. The van der Waals surface area contributed by atoms with E-state index in [0.717, 1.165) is 5.56 Å².